The van der Waals surface area contributed by atoms with E-state index in [-0.39, 0.29) is 10.8 Å². The normalized spacial score (nSPS) is 20.5. The van der Waals surface area contributed by atoms with Crippen molar-refractivity contribution in [1.29, 1.82) is 0 Å². The van der Waals surface area contributed by atoms with Crippen molar-refractivity contribution < 1.29 is 0 Å². The molecule has 2 unspecified atom stereocenters. The highest BCUT2D eigenvalue weighted by molar-refractivity contribution is 6.07. The first-order valence-corrected chi connectivity index (χ1v) is 17.0. The Labute approximate surface area is 280 Å². The lowest BCUT2D eigenvalue weighted by atomic mass is 9.52. The molecule has 224 valence electrons. The lowest BCUT2D eigenvalue weighted by Crippen LogP contribution is -2.43. The third kappa shape index (κ3) is 3.12. The van der Waals surface area contributed by atoms with E-state index in [0.717, 1.165) is 6.42 Å². The molecule has 2 atom stereocenters. The van der Waals surface area contributed by atoms with Crippen molar-refractivity contribution >= 4 is 17.0 Å². The Kier molecular flexibility index (Phi) is 5.09. The zero-order chi connectivity index (χ0) is 31.5. The Morgan fingerprint density at radius 2 is 1.23 bits per heavy atom. The quantitative estimate of drug-likeness (QED) is 0.187. The van der Waals surface area contributed by atoms with Gasteiger partial charge in [0.15, 0.2) is 0 Å². The maximum absolute atomic E-state index is 2.56. The molecule has 0 amide bonds. The van der Waals surface area contributed by atoms with E-state index in [1.165, 1.54) is 83.5 Å². The standard InChI is InChI=1S/C47H31N/c1-4-14-31(15-5-1)33-28-34(32-16-6-2-7-17-32)30-36(29-33)48-40-25-24-38-37-20-10-11-21-39(37)47(35-18-8-3-9-19-35)42-23-13-27-46(42)26-12-22-41(48)45(46)43(40)44(38)47/h1-25,27-30H,26H2. The van der Waals surface area contributed by atoms with Crippen molar-refractivity contribution in [2.24, 2.45) is 0 Å². The molecule has 0 N–H and O–H groups in total. The van der Waals surface area contributed by atoms with Crippen LogP contribution in [0.2, 0.25) is 0 Å². The summed E-state index contributed by atoms with van der Waals surface area (Å²) in [6.45, 7) is 0. The molecule has 6 aromatic carbocycles. The van der Waals surface area contributed by atoms with Crippen LogP contribution in [0.3, 0.4) is 0 Å². The topological polar surface area (TPSA) is 4.93 Å². The lowest BCUT2D eigenvalue weighted by molar-refractivity contribution is 0.543. The molecule has 7 aromatic rings. The summed E-state index contributed by atoms with van der Waals surface area (Å²) >= 11 is 0. The number of rotatable bonds is 4. The smallest absolute Gasteiger partial charge is 0.0695 e. The van der Waals surface area contributed by atoms with Crippen LogP contribution < -0.4 is 0 Å². The highest BCUT2D eigenvalue weighted by atomic mass is 15.0. The molecule has 0 saturated carbocycles. The fourth-order valence-electron chi connectivity index (χ4n) is 9.70. The van der Waals surface area contributed by atoms with E-state index in [1.54, 1.807) is 0 Å². The van der Waals surface area contributed by atoms with Gasteiger partial charge in [-0.2, -0.15) is 0 Å². The average molecular weight is 610 g/mol. The van der Waals surface area contributed by atoms with E-state index in [9.17, 15) is 0 Å². The number of benzene rings is 6. The first kappa shape index (κ1) is 26.2. The maximum Gasteiger partial charge on any atom is 0.0695 e. The number of allylic oxidation sites excluding steroid dienone is 5. The van der Waals surface area contributed by atoms with Gasteiger partial charge in [-0.15, -0.1) is 0 Å². The largest absolute Gasteiger partial charge is 0.309 e. The summed E-state index contributed by atoms with van der Waals surface area (Å²) in [5, 5.41) is 1.42. The van der Waals surface area contributed by atoms with Crippen molar-refractivity contribution in [1.82, 2.24) is 4.57 Å². The maximum atomic E-state index is 2.56. The summed E-state index contributed by atoms with van der Waals surface area (Å²) in [7, 11) is 0. The predicted molar refractivity (Wildman–Crippen MR) is 198 cm³/mol. The lowest BCUT2D eigenvalue weighted by Gasteiger charge is -2.48. The second-order valence-electron chi connectivity index (χ2n) is 13.7. The van der Waals surface area contributed by atoms with Crippen LogP contribution in [0.25, 0.3) is 56.0 Å². The molecule has 0 bridgehead atoms. The Morgan fingerprint density at radius 3 is 1.96 bits per heavy atom. The second kappa shape index (κ2) is 9.33. The van der Waals surface area contributed by atoms with Gasteiger partial charge in [0, 0.05) is 22.1 Å². The third-order valence-electron chi connectivity index (χ3n) is 11.5. The molecule has 0 fully saturated rings. The van der Waals surface area contributed by atoms with Gasteiger partial charge in [0.25, 0.3) is 0 Å². The van der Waals surface area contributed by atoms with Gasteiger partial charge >= 0.3 is 0 Å². The van der Waals surface area contributed by atoms with Crippen LogP contribution in [-0.4, -0.2) is 4.57 Å². The fraction of sp³-hybridized carbons (Fsp3) is 0.0638. The number of hydrogen-bond donors (Lipinski definition) is 0. The SMILES string of the molecule is C1=CC23CC=Cc4c2c2c5c(ccc2n4-c2cc(-c4ccccc4)cc(-c4ccccc4)c2)-c2ccccc2C5(c2ccccc2)C3=C1. The zero-order valence-electron chi connectivity index (χ0n) is 26.4. The van der Waals surface area contributed by atoms with Crippen molar-refractivity contribution in [3.63, 3.8) is 0 Å². The Hall–Kier alpha value is -5.92. The summed E-state index contributed by atoms with van der Waals surface area (Å²) < 4.78 is 2.56. The first-order valence-electron chi connectivity index (χ1n) is 17.0. The van der Waals surface area contributed by atoms with Crippen molar-refractivity contribution in [3.05, 3.63) is 203 Å². The minimum Gasteiger partial charge on any atom is -0.309 e. The molecular formula is C47H31N. The van der Waals surface area contributed by atoms with Gasteiger partial charge in [0.1, 0.15) is 0 Å². The van der Waals surface area contributed by atoms with Gasteiger partial charge < -0.3 is 4.57 Å². The molecule has 1 heterocycles. The van der Waals surface area contributed by atoms with Crippen LogP contribution in [0.4, 0.5) is 0 Å². The van der Waals surface area contributed by atoms with Gasteiger partial charge in [-0.05, 0) is 92.4 Å². The van der Waals surface area contributed by atoms with Crippen LogP contribution in [0.5, 0.6) is 0 Å². The molecular weight excluding hydrogens is 579 g/mol. The molecule has 0 saturated heterocycles. The Balaban J connectivity index is 1.30. The van der Waals surface area contributed by atoms with Crippen LogP contribution >= 0.6 is 0 Å². The molecule has 11 rings (SSSR count). The number of fused-ring (bicyclic) bond motifs is 4. The molecule has 1 aromatic heterocycles. The highest BCUT2D eigenvalue weighted by Crippen LogP contribution is 2.69. The summed E-state index contributed by atoms with van der Waals surface area (Å²) in [5.41, 5.74) is 17.9. The van der Waals surface area contributed by atoms with E-state index in [0.29, 0.717) is 0 Å². The van der Waals surface area contributed by atoms with Crippen LogP contribution in [-0.2, 0) is 10.8 Å². The number of hydrogen-bond acceptors (Lipinski definition) is 0. The van der Waals surface area contributed by atoms with Gasteiger partial charge in [0.2, 0.25) is 0 Å². The second-order valence-corrected chi connectivity index (χ2v) is 13.7. The molecule has 0 radical (unpaired) electrons. The van der Waals surface area contributed by atoms with Crippen LogP contribution in [0.1, 0.15) is 34.4 Å². The molecule has 48 heavy (non-hydrogen) atoms. The molecule has 1 nitrogen and oxygen atoms in total. The monoisotopic (exact) mass is 609 g/mol. The predicted octanol–water partition coefficient (Wildman–Crippen LogP) is 11.4. The van der Waals surface area contributed by atoms with Gasteiger partial charge in [-0.1, -0.05) is 146 Å². The summed E-state index contributed by atoms with van der Waals surface area (Å²) in [5.74, 6) is 0. The van der Waals surface area contributed by atoms with Crippen LogP contribution in [0.15, 0.2) is 175 Å². The summed E-state index contributed by atoms with van der Waals surface area (Å²) in [6.07, 6.45) is 13.1. The molecule has 4 aliphatic carbocycles. The summed E-state index contributed by atoms with van der Waals surface area (Å²) in [6, 6.07) is 54.0. The summed E-state index contributed by atoms with van der Waals surface area (Å²) in [4.78, 5) is 0. The minimum absolute atomic E-state index is 0.216. The van der Waals surface area contributed by atoms with Crippen molar-refractivity contribution in [2.45, 2.75) is 17.3 Å². The average Bonchev–Trinajstić information content (AvgIpc) is 3.83. The number of aromatic nitrogens is 1. The van der Waals surface area contributed by atoms with Crippen molar-refractivity contribution in [2.75, 3.05) is 0 Å². The third-order valence-corrected chi connectivity index (χ3v) is 11.5. The first-order chi connectivity index (χ1) is 23.8. The van der Waals surface area contributed by atoms with Gasteiger partial charge in [-0.25, -0.2) is 0 Å². The molecule has 4 aliphatic rings. The van der Waals surface area contributed by atoms with Gasteiger partial charge in [0.05, 0.1) is 16.6 Å². The molecule has 1 spiro atoms. The minimum atomic E-state index is -0.362. The molecule has 0 aliphatic heterocycles. The zero-order valence-corrected chi connectivity index (χ0v) is 26.4. The van der Waals surface area contributed by atoms with E-state index < -0.39 is 0 Å². The Morgan fingerprint density at radius 1 is 0.562 bits per heavy atom. The van der Waals surface area contributed by atoms with Crippen LogP contribution in [0, 0.1) is 0 Å². The number of nitrogens with zero attached hydrogens (tertiary/aromatic N) is 1. The molecule has 1 heteroatoms. The van der Waals surface area contributed by atoms with Crippen molar-refractivity contribution in [3.8, 4) is 39.1 Å². The van der Waals surface area contributed by atoms with Gasteiger partial charge in [-0.3, -0.25) is 0 Å². The highest BCUT2D eigenvalue weighted by Gasteiger charge is 2.60. The van der Waals surface area contributed by atoms with E-state index in [4.69, 9.17) is 0 Å². The van der Waals surface area contributed by atoms with E-state index in [2.05, 4.69) is 181 Å². The van der Waals surface area contributed by atoms with E-state index in [1.807, 2.05) is 0 Å². The van der Waals surface area contributed by atoms with E-state index >= 15 is 0 Å². The fourth-order valence-corrected chi connectivity index (χ4v) is 9.70. The Bertz CT molecular complexity index is 2510.